The number of nitrogens with two attached hydrogens (primary N) is 1. The minimum atomic E-state index is -3.61. The Kier molecular flexibility index (Phi) is 50.1. The number of azide groups is 1. The van der Waals surface area contributed by atoms with Crippen LogP contribution in [0, 0.1) is 11.8 Å². The van der Waals surface area contributed by atoms with Crippen molar-refractivity contribution in [1.82, 2.24) is 55.6 Å². The Morgan fingerprint density at radius 2 is 0.882 bits per heavy atom. The Morgan fingerprint density at radius 1 is 0.528 bits per heavy atom. The van der Waals surface area contributed by atoms with Crippen LogP contribution in [0.2, 0.25) is 0 Å². The molecule has 54 nitrogen and oxygen atoms in total. The minimum absolute atomic E-state index is 0. The number of ether oxygens (including phenoxy) is 12. The first kappa shape index (κ1) is 123. The number of allylic oxidation sites excluding steroid dienone is 1. The molecule has 6 aromatic rings. The van der Waals surface area contributed by atoms with Crippen LogP contribution < -0.4 is 95.7 Å². The number of hydrogen-bond donors (Lipinski definition) is 12. The molecular formula is C86H106ClN17Na2O37S. The number of para-hydroxylation sites is 3. The van der Waals surface area contributed by atoms with Gasteiger partial charge >= 0.3 is 107 Å². The second-order valence-corrected chi connectivity index (χ2v) is 33.3. The number of nitrogen functional groups attached to an aromatic ring is 1. The number of halogens is 1. The van der Waals surface area contributed by atoms with Gasteiger partial charge in [-0.1, -0.05) is 96.1 Å². The number of rotatable bonds is 36. The fourth-order valence-corrected chi connectivity index (χ4v) is 14.7. The number of nitrogens with zero attached hydrogens (tertiary/aromatic N) is 12. The molecule has 0 unspecified atom stereocenters. The molecule has 13 N–H and O–H groups in total. The van der Waals surface area contributed by atoms with E-state index in [0.717, 1.165) is 53.2 Å². The number of amides is 3. The normalized spacial score (nSPS) is 20.6. The molecule has 3 aromatic heterocycles. The summed E-state index contributed by atoms with van der Waals surface area (Å²) < 4.78 is 92.7. The molecule has 0 aliphatic carbocycles. The van der Waals surface area contributed by atoms with E-state index in [0.29, 0.717) is 40.2 Å². The van der Waals surface area contributed by atoms with Gasteiger partial charge in [0.1, 0.15) is 109 Å². The van der Waals surface area contributed by atoms with E-state index in [2.05, 4.69) is 66.4 Å². The molecule has 0 saturated carbocycles. The maximum atomic E-state index is 12.5. The summed E-state index contributed by atoms with van der Waals surface area (Å²) in [6, 6.07) is 14.1. The van der Waals surface area contributed by atoms with Gasteiger partial charge in [0.2, 0.25) is 44.5 Å². The molecule has 0 fully saturated rings. The number of carboxylic acids is 2. The third-order valence-electron chi connectivity index (χ3n) is 20.4. The third kappa shape index (κ3) is 36.3. The molecule has 10 rings (SSSR count). The van der Waals surface area contributed by atoms with E-state index in [1.54, 1.807) is 87.6 Å². The van der Waals surface area contributed by atoms with Gasteiger partial charge in [0, 0.05) is 101 Å². The zero-order valence-corrected chi connectivity index (χ0v) is 85.9. The quantitative estimate of drug-likeness (QED) is 0.00254. The molecule has 772 valence electrons. The number of aliphatic carboxylic acids is 2. The van der Waals surface area contributed by atoms with Crippen molar-refractivity contribution < 1.29 is 237 Å². The van der Waals surface area contributed by atoms with Gasteiger partial charge in [-0.25, -0.2) is 32.1 Å². The largest absolute Gasteiger partial charge is 1.00 e. The topological polar surface area (TPSA) is 787 Å². The van der Waals surface area contributed by atoms with Crippen molar-refractivity contribution in [2.45, 2.75) is 192 Å². The smallest absolute Gasteiger partial charge is 0.542 e. The SMILES string of the molecule is CC(=O)N[C@H]1[C@H]([C@H](O)[C@H](O)CO)OC(C(=O)[O-])=C[C@@H]1n1cc(-c2ccccc2NC(=O)CO)nn1.CC(=O)N[C@H]1[C@H]([C@H](O)[C@H](O)CO)OC(C(=O)[O-])=C[C@@H]1n1cc(-c2ccccc2NS(C)(=O)=O)nn1.CCC(=O)Cl.COC(=O)C1=C[C@H](N=[N+]=[N-])[C@@H](C)[C@H]([C@H](OC(C)=O)[C@@H](COC(C)=O)OC(C)=O)O1.COC(=O)C1=C[C@H](n2cc(-c3ccccc3N)nn2)[C@@H](C)[C@H]([C@H](OC(C)=O)[C@@H](COC(C)=O)OC(C)=O)O1.[Na+].[Na+]. The number of nitrogens with one attached hydrogen (secondary N) is 4. The van der Waals surface area contributed by atoms with Crippen molar-refractivity contribution in [2.75, 3.05) is 69.3 Å². The average molecular weight is 2080 g/mol. The molecule has 4 aliphatic rings. The summed E-state index contributed by atoms with van der Waals surface area (Å²) in [4.78, 5) is 165. The summed E-state index contributed by atoms with van der Waals surface area (Å²) in [7, 11) is -1.29. The molecule has 3 amide bonds. The number of hydrogen-bond acceptors (Lipinski definition) is 45. The Morgan fingerprint density at radius 3 is 1.24 bits per heavy atom. The third-order valence-corrected chi connectivity index (χ3v) is 21.3. The van der Waals surface area contributed by atoms with E-state index in [-0.39, 0.29) is 93.0 Å². The number of anilines is 3. The molecule has 20 atom stereocenters. The summed E-state index contributed by atoms with van der Waals surface area (Å²) in [5.74, 6) is -14.0. The summed E-state index contributed by atoms with van der Waals surface area (Å²) in [5.41, 5.74) is 18.4. The Hall–Kier alpha value is -13.1. The first-order valence-electron chi connectivity index (χ1n) is 42.4. The monoisotopic (exact) mass is 2080 g/mol. The molecular weight excluding hydrogens is 1980 g/mol. The van der Waals surface area contributed by atoms with Gasteiger partial charge in [0.15, 0.2) is 24.4 Å². The Labute approximate surface area is 869 Å². The molecule has 4 aliphatic heterocycles. The van der Waals surface area contributed by atoms with Crippen LogP contribution >= 0.6 is 11.6 Å². The van der Waals surface area contributed by atoms with Gasteiger partial charge in [-0.05, 0) is 59.6 Å². The maximum Gasteiger partial charge on any atom is 1.00 e. The zero-order chi connectivity index (χ0) is 106. The zero-order valence-electron chi connectivity index (χ0n) is 80.4. The number of carboxylic acid groups (broad SMARTS) is 2. The van der Waals surface area contributed by atoms with Crippen LogP contribution in [0.3, 0.4) is 0 Å². The summed E-state index contributed by atoms with van der Waals surface area (Å²) in [6.07, 6.45) is -6.36. The molecule has 58 heteroatoms. The summed E-state index contributed by atoms with van der Waals surface area (Å²) in [5, 5.41) is 127. The Bertz CT molecular complexity index is 5800. The number of esters is 8. The number of carbonyl (C=O) groups is 14. The van der Waals surface area contributed by atoms with Crippen LogP contribution in [0.1, 0.15) is 101 Å². The van der Waals surface area contributed by atoms with Gasteiger partial charge in [-0.3, -0.25) is 52.7 Å². The van der Waals surface area contributed by atoms with Crippen molar-refractivity contribution in [2.24, 2.45) is 17.0 Å². The second-order valence-electron chi connectivity index (χ2n) is 31.1. The number of sulfonamides is 1. The maximum absolute atomic E-state index is 12.5. The van der Waals surface area contributed by atoms with Crippen LogP contribution in [0.15, 0.2) is 144 Å². The van der Waals surface area contributed by atoms with E-state index in [1.165, 1.54) is 79.5 Å². The molecule has 7 heterocycles. The number of aromatic nitrogens is 9. The fourth-order valence-electron chi connectivity index (χ4n) is 14.1. The average Bonchev–Trinajstić information content (AvgIpc) is 1.49. The van der Waals surface area contributed by atoms with Crippen molar-refractivity contribution in [3.05, 3.63) is 149 Å². The van der Waals surface area contributed by atoms with E-state index < -0.39 is 253 Å². The minimum Gasteiger partial charge on any atom is -0.542 e. The van der Waals surface area contributed by atoms with E-state index in [9.17, 15) is 116 Å². The predicted octanol–water partition coefficient (Wildman–Crippen LogP) is -8.28. The fraction of sp³-hybridized carbons (Fsp3) is 0.465. The van der Waals surface area contributed by atoms with Crippen molar-refractivity contribution in [3.63, 3.8) is 0 Å². The van der Waals surface area contributed by atoms with Crippen LogP contribution in [-0.2, 0) is 134 Å². The number of benzene rings is 3. The van der Waals surface area contributed by atoms with Crippen LogP contribution in [0.25, 0.3) is 44.2 Å². The van der Waals surface area contributed by atoms with Crippen molar-refractivity contribution in [1.29, 1.82) is 0 Å². The molecule has 0 radical (unpaired) electrons. The van der Waals surface area contributed by atoms with Gasteiger partial charge in [0.05, 0.1) is 99.9 Å². The van der Waals surface area contributed by atoms with E-state index in [4.69, 9.17) is 80.1 Å². The summed E-state index contributed by atoms with van der Waals surface area (Å²) >= 11 is 4.82. The van der Waals surface area contributed by atoms with Crippen LogP contribution in [0.5, 0.6) is 0 Å². The van der Waals surface area contributed by atoms with Crippen LogP contribution in [0.4, 0.5) is 17.1 Å². The first-order valence-corrected chi connectivity index (χ1v) is 44.7. The van der Waals surface area contributed by atoms with Crippen molar-refractivity contribution in [3.8, 4) is 33.8 Å². The van der Waals surface area contributed by atoms with E-state index >= 15 is 0 Å². The first-order chi connectivity index (χ1) is 66.9. The molecule has 0 bridgehead atoms. The molecule has 3 aromatic carbocycles. The molecule has 144 heavy (non-hydrogen) atoms. The number of aliphatic hydroxyl groups excluding tert-OH is 7. The number of methoxy groups -OCH3 is 2. The molecule has 0 saturated heterocycles. The number of aliphatic hydroxyl groups is 7. The standard InChI is InChI=1S/C25H30N4O9.C21H25N5O9.C20H25N5O9S.C17H23N3O9.C3H5ClO.2Na/c1-13-20(29-11-19(27-28-29)17-8-6-7-9-18(17)26)10-21(25(33)34-5)38-23(13)24(37-16(4)32)22(36-15(3)31)12-35-14(2)30;1-10(29)22-18-14(6-16(21(33)34)35-20(18)19(32)15(30)8-27)26-7-13(24-25-26)11-4-2-3-5-12(11)23-17(31)9-28;1-10(27)21-17-14(7-16(20(30)31)34-19(17)18(29)15(28)9-26)25-8-13(22-24-25)11-5-3-4-6-12(11)23-35(2,32)33;1-8-12(19-20-18)6-13(17(24)25-5)29-15(8)16(28-11(4)23)14(27-10(3)22)7-26-9(2)21;1-2-3(4)5;;/h6-11,13,20,22-24H,12,26H2,1-5H3;2-7,14-15,18-20,27-28,30,32H,8-9H2,1H3,(H,22,29)(H,23,31)(H,33,34);3-8,14-15,17-19,23,26,28-29H,9H2,1-2H3,(H,21,27)(H,30,31);6,8,12,14-16H,7H2,1-5H3;2H2,1H3;;/q;;;;;2*+1/p-2/t13-,20+,22-,23-,24-;14-,15+,18+,19+,20+;14-,15+,17+,18+,19+;8-,12+,14-,15-,16-;;;/m1001.../s1. The van der Waals surface area contributed by atoms with Crippen molar-refractivity contribution >= 4 is 121 Å². The second kappa shape index (κ2) is 58.6. The molecule has 0 spiro atoms. The Balaban J connectivity index is 0.000000393. The predicted molar refractivity (Wildman–Crippen MR) is 479 cm³/mol. The van der Waals surface area contributed by atoms with E-state index in [1.807, 2.05) is 6.07 Å². The van der Waals surface area contributed by atoms with Gasteiger partial charge < -0.3 is 134 Å². The van der Waals surface area contributed by atoms with Gasteiger partial charge in [-0.2, -0.15) is 0 Å². The number of carbonyl (C=O) groups excluding carboxylic acids is 14. The van der Waals surface area contributed by atoms with Gasteiger partial charge in [-0.15, -0.1) is 15.3 Å². The summed E-state index contributed by atoms with van der Waals surface area (Å²) in [6.45, 7) is 11.1. The van der Waals surface area contributed by atoms with Gasteiger partial charge in [0.25, 0.3) is 0 Å². The van der Waals surface area contributed by atoms with Crippen LogP contribution in [-0.4, -0.2) is 317 Å².